The molecular weight excluding hydrogens is 356 g/mol. The first-order chi connectivity index (χ1) is 11.0. The predicted molar refractivity (Wildman–Crippen MR) is 95.1 cm³/mol. The van der Waals surface area contributed by atoms with Gasteiger partial charge >= 0.3 is 0 Å². The number of aromatic nitrogens is 5. The van der Waals surface area contributed by atoms with Crippen LogP contribution in [0.5, 0.6) is 0 Å². The van der Waals surface area contributed by atoms with Gasteiger partial charge < -0.3 is 5.73 Å². The zero-order valence-corrected chi connectivity index (χ0v) is 15.2. The van der Waals surface area contributed by atoms with Crippen molar-refractivity contribution in [3.63, 3.8) is 0 Å². The van der Waals surface area contributed by atoms with Crippen molar-refractivity contribution >= 4 is 27.4 Å². The topological polar surface area (TPSA) is 74.0 Å². The standard InChI is InChI=1S/C16H21BrN6/c1-10(2)5-4-6-13-14(17)15(18)23-16(21-13)12(8-20-23)11-7-19-22(3)9-11/h7-10H,4-6,18H2,1-3H3. The fraction of sp³-hybridized carbons (Fsp3) is 0.438. The Hall–Kier alpha value is -1.89. The zero-order valence-electron chi connectivity index (χ0n) is 13.6. The van der Waals surface area contributed by atoms with Gasteiger partial charge in [-0.1, -0.05) is 20.3 Å². The molecule has 0 saturated heterocycles. The summed E-state index contributed by atoms with van der Waals surface area (Å²) in [6, 6.07) is 0. The van der Waals surface area contributed by atoms with Crippen LogP contribution in [0, 0.1) is 5.92 Å². The quantitative estimate of drug-likeness (QED) is 0.739. The molecule has 0 amide bonds. The SMILES string of the molecule is CC(C)CCCc1nc2c(-c3cnn(C)c3)cnn2c(N)c1Br. The van der Waals surface area contributed by atoms with Crippen molar-refractivity contribution in [3.8, 4) is 11.1 Å². The molecule has 0 aliphatic rings. The van der Waals surface area contributed by atoms with Crippen molar-refractivity contribution in [2.75, 3.05) is 5.73 Å². The van der Waals surface area contributed by atoms with Crippen LogP contribution in [-0.2, 0) is 13.5 Å². The lowest BCUT2D eigenvalue weighted by molar-refractivity contribution is 0.552. The summed E-state index contributed by atoms with van der Waals surface area (Å²) >= 11 is 3.57. The molecule has 0 aliphatic carbocycles. The number of nitrogen functional groups attached to an aromatic ring is 1. The van der Waals surface area contributed by atoms with Crippen molar-refractivity contribution < 1.29 is 0 Å². The number of anilines is 1. The normalized spacial score (nSPS) is 11.7. The first-order valence-corrected chi connectivity index (χ1v) is 8.57. The Morgan fingerprint density at radius 2 is 2.04 bits per heavy atom. The molecule has 3 rings (SSSR count). The molecule has 3 aromatic rings. The van der Waals surface area contributed by atoms with Gasteiger partial charge in [0.15, 0.2) is 5.65 Å². The number of nitrogens with two attached hydrogens (primary N) is 1. The molecule has 0 bridgehead atoms. The highest BCUT2D eigenvalue weighted by atomic mass is 79.9. The highest BCUT2D eigenvalue weighted by Crippen LogP contribution is 2.30. The largest absolute Gasteiger partial charge is 0.383 e. The zero-order chi connectivity index (χ0) is 16.6. The highest BCUT2D eigenvalue weighted by Gasteiger charge is 2.16. The Bertz CT molecular complexity index is 833. The van der Waals surface area contributed by atoms with E-state index in [-0.39, 0.29) is 0 Å². The Kier molecular flexibility index (Phi) is 4.39. The van der Waals surface area contributed by atoms with Crippen LogP contribution >= 0.6 is 15.9 Å². The Morgan fingerprint density at radius 1 is 1.26 bits per heavy atom. The van der Waals surface area contributed by atoms with Gasteiger partial charge in [0.25, 0.3) is 0 Å². The summed E-state index contributed by atoms with van der Waals surface area (Å²) in [5.74, 6) is 1.28. The number of nitrogens with zero attached hydrogens (tertiary/aromatic N) is 5. The number of rotatable bonds is 5. The lowest BCUT2D eigenvalue weighted by Gasteiger charge is -2.10. The van der Waals surface area contributed by atoms with E-state index < -0.39 is 0 Å². The number of fused-ring (bicyclic) bond motifs is 1. The third-order valence-electron chi connectivity index (χ3n) is 3.90. The van der Waals surface area contributed by atoms with Crippen LogP contribution in [0.4, 0.5) is 5.82 Å². The van der Waals surface area contributed by atoms with Gasteiger partial charge in [-0.05, 0) is 34.7 Å². The molecule has 7 heteroatoms. The second-order valence-electron chi connectivity index (χ2n) is 6.24. The van der Waals surface area contributed by atoms with E-state index >= 15 is 0 Å². The fourth-order valence-corrected chi connectivity index (χ4v) is 3.11. The maximum atomic E-state index is 6.24. The molecule has 0 radical (unpaired) electrons. The smallest absolute Gasteiger partial charge is 0.165 e. The lowest BCUT2D eigenvalue weighted by Crippen LogP contribution is -2.06. The number of hydrogen-bond acceptors (Lipinski definition) is 4. The van der Waals surface area contributed by atoms with E-state index in [0.29, 0.717) is 11.7 Å². The second-order valence-corrected chi connectivity index (χ2v) is 7.03. The molecule has 0 aromatic carbocycles. The van der Waals surface area contributed by atoms with Crippen LogP contribution in [0.2, 0.25) is 0 Å². The fourth-order valence-electron chi connectivity index (χ4n) is 2.65. The summed E-state index contributed by atoms with van der Waals surface area (Å²) in [5.41, 5.74) is 9.94. The lowest BCUT2D eigenvalue weighted by atomic mass is 10.1. The van der Waals surface area contributed by atoms with E-state index in [9.17, 15) is 0 Å². The molecule has 0 spiro atoms. The molecule has 0 saturated carbocycles. The summed E-state index contributed by atoms with van der Waals surface area (Å²) in [6.45, 7) is 4.47. The monoisotopic (exact) mass is 376 g/mol. The molecule has 3 aromatic heterocycles. The van der Waals surface area contributed by atoms with Gasteiger partial charge in [0.05, 0.1) is 22.6 Å². The first kappa shape index (κ1) is 16.0. The molecule has 3 heterocycles. The molecule has 0 unspecified atom stereocenters. The summed E-state index contributed by atoms with van der Waals surface area (Å²) in [7, 11) is 1.89. The predicted octanol–water partition coefficient (Wildman–Crippen LogP) is 3.45. The molecule has 2 N–H and O–H groups in total. The van der Waals surface area contributed by atoms with E-state index in [1.54, 1.807) is 15.4 Å². The van der Waals surface area contributed by atoms with Crippen LogP contribution in [0.15, 0.2) is 23.1 Å². The van der Waals surface area contributed by atoms with Crippen LogP contribution in [-0.4, -0.2) is 24.4 Å². The van der Waals surface area contributed by atoms with E-state index in [1.165, 1.54) is 6.42 Å². The van der Waals surface area contributed by atoms with Gasteiger partial charge in [0.1, 0.15) is 5.82 Å². The maximum Gasteiger partial charge on any atom is 0.165 e. The maximum absolute atomic E-state index is 6.24. The first-order valence-electron chi connectivity index (χ1n) is 7.78. The van der Waals surface area contributed by atoms with Crippen molar-refractivity contribution in [1.82, 2.24) is 24.4 Å². The summed E-state index contributed by atoms with van der Waals surface area (Å²) in [6.07, 6.45) is 8.73. The van der Waals surface area contributed by atoms with Crippen LogP contribution in [0.1, 0.15) is 32.4 Å². The molecule has 0 aliphatic heterocycles. The van der Waals surface area contributed by atoms with Gasteiger partial charge in [0.2, 0.25) is 0 Å². The van der Waals surface area contributed by atoms with Crippen LogP contribution in [0.3, 0.4) is 0 Å². The molecule has 6 nitrogen and oxygen atoms in total. The minimum atomic E-state index is 0.588. The van der Waals surface area contributed by atoms with Gasteiger partial charge in [0, 0.05) is 24.4 Å². The van der Waals surface area contributed by atoms with Gasteiger partial charge in [-0.2, -0.15) is 14.7 Å². The summed E-state index contributed by atoms with van der Waals surface area (Å²) < 4.78 is 4.29. The third kappa shape index (κ3) is 3.10. The molecule has 0 atom stereocenters. The average Bonchev–Trinajstić information content (AvgIpc) is 3.09. The van der Waals surface area contributed by atoms with E-state index in [0.717, 1.165) is 39.8 Å². The van der Waals surface area contributed by atoms with Gasteiger partial charge in [-0.3, -0.25) is 4.68 Å². The minimum absolute atomic E-state index is 0.588. The van der Waals surface area contributed by atoms with Crippen molar-refractivity contribution in [2.24, 2.45) is 13.0 Å². The van der Waals surface area contributed by atoms with Crippen LogP contribution < -0.4 is 5.73 Å². The van der Waals surface area contributed by atoms with E-state index in [1.807, 2.05) is 19.4 Å². The number of aryl methyl sites for hydroxylation is 2. The summed E-state index contributed by atoms with van der Waals surface area (Å²) in [5, 5.41) is 8.60. The molecule has 23 heavy (non-hydrogen) atoms. The molecule has 0 fully saturated rings. The Morgan fingerprint density at radius 3 is 2.70 bits per heavy atom. The number of halogens is 1. The average molecular weight is 377 g/mol. The van der Waals surface area contributed by atoms with E-state index in [2.05, 4.69) is 40.0 Å². The summed E-state index contributed by atoms with van der Waals surface area (Å²) in [4.78, 5) is 4.81. The van der Waals surface area contributed by atoms with Crippen molar-refractivity contribution in [2.45, 2.75) is 33.1 Å². The van der Waals surface area contributed by atoms with E-state index in [4.69, 9.17) is 10.7 Å². The van der Waals surface area contributed by atoms with Gasteiger partial charge in [-0.15, -0.1) is 0 Å². The Balaban J connectivity index is 2.03. The minimum Gasteiger partial charge on any atom is -0.383 e. The van der Waals surface area contributed by atoms with Crippen molar-refractivity contribution in [3.05, 3.63) is 28.8 Å². The van der Waals surface area contributed by atoms with Crippen molar-refractivity contribution in [1.29, 1.82) is 0 Å². The Labute approximate surface area is 143 Å². The number of hydrogen-bond donors (Lipinski definition) is 1. The second kappa shape index (κ2) is 6.31. The van der Waals surface area contributed by atoms with Gasteiger partial charge in [-0.25, -0.2) is 4.98 Å². The highest BCUT2D eigenvalue weighted by molar-refractivity contribution is 9.10. The molecular formula is C16H21BrN6. The van der Waals surface area contributed by atoms with Crippen LogP contribution in [0.25, 0.3) is 16.8 Å². The third-order valence-corrected chi connectivity index (χ3v) is 4.77. The molecule has 122 valence electrons.